The Morgan fingerprint density at radius 3 is 0.729 bits per heavy atom. The molecule has 2 aliphatic rings. The molecule has 0 aliphatic carbocycles. The average Bonchev–Trinajstić information content (AvgIpc) is 3.74. The van der Waals surface area contributed by atoms with Gasteiger partial charge < -0.3 is 9.97 Å². The van der Waals surface area contributed by atoms with Crippen LogP contribution in [0, 0.1) is 55.4 Å². The summed E-state index contributed by atoms with van der Waals surface area (Å²) in [5.41, 5.74) is 22.9. The molecule has 0 saturated heterocycles. The van der Waals surface area contributed by atoms with Crippen LogP contribution in [0.2, 0.25) is 0 Å². The number of benzene rings is 4. The Labute approximate surface area is 280 Å². The highest BCUT2D eigenvalue weighted by Gasteiger charge is 2.21. The third kappa shape index (κ3) is 4.22. The first-order chi connectivity index (χ1) is 23.0. The first kappa shape index (κ1) is 28.7. The highest BCUT2D eigenvalue weighted by Crippen LogP contribution is 2.42. The van der Waals surface area contributed by atoms with Crippen LogP contribution >= 0.6 is 0 Å². The predicted molar refractivity (Wildman–Crippen MR) is 203 cm³/mol. The second-order valence-electron chi connectivity index (χ2n) is 14.2. The lowest BCUT2D eigenvalue weighted by atomic mass is 9.97. The van der Waals surface area contributed by atoms with E-state index in [-0.39, 0.29) is 0 Å². The Hall–Kier alpha value is -5.48. The number of hydrogen-bond acceptors (Lipinski definition) is 2. The number of aryl methyl sites for hydroxylation is 8. The van der Waals surface area contributed by atoms with Crippen LogP contribution in [0.4, 0.5) is 0 Å². The van der Waals surface area contributed by atoms with Gasteiger partial charge in [-0.2, -0.15) is 0 Å². The van der Waals surface area contributed by atoms with Crippen molar-refractivity contribution in [1.29, 1.82) is 0 Å². The van der Waals surface area contributed by atoms with Crippen molar-refractivity contribution in [2.45, 2.75) is 55.4 Å². The monoisotopic (exact) mass is 622 g/mol. The predicted octanol–water partition coefficient (Wildman–Crippen LogP) is 11.8. The zero-order valence-electron chi connectivity index (χ0n) is 28.8. The van der Waals surface area contributed by atoms with E-state index < -0.39 is 0 Å². The van der Waals surface area contributed by atoms with Crippen molar-refractivity contribution in [2.24, 2.45) is 0 Å². The molecule has 0 unspecified atom stereocenters. The summed E-state index contributed by atoms with van der Waals surface area (Å²) in [5.74, 6) is 0. The summed E-state index contributed by atoms with van der Waals surface area (Å²) in [6.45, 7) is 17.5. The maximum atomic E-state index is 5.35. The van der Waals surface area contributed by atoms with Crippen LogP contribution in [0.15, 0.2) is 72.8 Å². The minimum atomic E-state index is 0.972. The van der Waals surface area contributed by atoms with E-state index in [4.69, 9.17) is 9.97 Å². The molecule has 4 heteroatoms. The second-order valence-corrected chi connectivity index (χ2v) is 14.2. The maximum Gasteiger partial charge on any atom is 0.0737 e. The van der Waals surface area contributed by atoms with Crippen molar-refractivity contribution in [1.82, 2.24) is 19.9 Å². The normalized spacial score (nSPS) is 12.2. The molecule has 8 bridgehead atoms. The summed E-state index contributed by atoms with van der Waals surface area (Å²) < 4.78 is 0. The summed E-state index contributed by atoms with van der Waals surface area (Å²) >= 11 is 0. The lowest BCUT2D eigenvalue weighted by Crippen LogP contribution is -1.84. The molecule has 0 spiro atoms. The largest absolute Gasteiger partial charge is 0.354 e. The Bertz CT molecular complexity index is 2380. The SMILES string of the molecule is Cc1cc2c(cc1C)-c1cc3[nH]c(cc4nc(cc5[nH]c(cc-2n1)c1cc(C)c(C)cc51)-c1cc(C)c(C)cc1-4)c1cc(C)c(C)cc31. The molecule has 0 saturated carbocycles. The number of nitrogens with one attached hydrogen (secondary N) is 2. The third-order valence-electron chi connectivity index (χ3n) is 10.9. The van der Waals surface area contributed by atoms with Gasteiger partial charge in [0.25, 0.3) is 0 Å². The van der Waals surface area contributed by atoms with Crippen LogP contribution in [0.1, 0.15) is 44.5 Å². The number of H-pyrrole nitrogens is 2. The smallest absolute Gasteiger partial charge is 0.0737 e. The minimum absolute atomic E-state index is 0.972. The molecule has 4 aromatic carbocycles. The van der Waals surface area contributed by atoms with E-state index in [1.807, 2.05) is 0 Å². The van der Waals surface area contributed by atoms with Gasteiger partial charge >= 0.3 is 0 Å². The number of aromatic nitrogens is 4. The van der Waals surface area contributed by atoms with Crippen molar-refractivity contribution in [3.8, 4) is 45.0 Å². The van der Waals surface area contributed by atoms with Crippen LogP contribution in [-0.4, -0.2) is 19.9 Å². The molecule has 0 fully saturated rings. The topological polar surface area (TPSA) is 57.4 Å². The van der Waals surface area contributed by atoms with Crippen molar-refractivity contribution >= 4 is 43.6 Å². The van der Waals surface area contributed by atoms with Crippen LogP contribution in [0.3, 0.4) is 0 Å². The van der Waals surface area contributed by atoms with Crippen LogP contribution in [0.25, 0.3) is 88.6 Å². The fraction of sp³-hybridized carbons (Fsp3) is 0.182. The van der Waals surface area contributed by atoms with Gasteiger partial charge in [0.2, 0.25) is 0 Å². The standard InChI is InChI=1S/C44H38N4/c1-21-9-29-30(10-22(21)2)38-18-40-33-13-25(5)26(6)14-34(33)42(47-40)20-44-36-16-28(8)27(7)15-35(36)43(48-44)19-41-32-12-24(4)23(3)11-31(32)39(46-41)17-37(29)45-38/h9-20,45,48H,1-8H3. The van der Waals surface area contributed by atoms with Gasteiger partial charge in [-0.25, -0.2) is 9.97 Å². The molecule has 7 aromatic rings. The van der Waals surface area contributed by atoms with Gasteiger partial charge in [-0.3, -0.25) is 0 Å². The van der Waals surface area contributed by atoms with E-state index in [2.05, 4.69) is 138 Å². The molecule has 9 rings (SSSR count). The highest BCUT2D eigenvalue weighted by atomic mass is 14.8. The van der Waals surface area contributed by atoms with E-state index >= 15 is 0 Å². The minimum Gasteiger partial charge on any atom is -0.354 e. The molecular formula is C44H38N4. The molecule has 0 radical (unpaired) electrons. The molecule has 2 aliphatic heterocycles. The van der Waals surface area contributed by atoms with Gasteiger partial charge in [0.15, 0.2) is 0 Å². The van der Waals surface area contributed by atoms with Gasteiger partial charge in [0, 0.05) is 65.9 Å². The van der Waals surface area contributed by atoms with Gasteiger partial charge in [-0.05, 0) is 173 Å². The Balaban J connectivity index is 1.52. The molecular weight excluding hydrogens is 585 g/mol. The third-order valence-corrected chi connectivity index (χ3v) is 10.9. The first-order valence-electron chi connectivity index (χ1n) is 16.8. The molecule has 0 atom stereocenters. The van der Waals surface area contributed by atoms with E-state index in [1.165, 1.54) is 88.3 Å². The number of rotatable bonds is 0. The van der Waals surface area contributed by atoms with Crippen molar-refractivity contribution in [3.63, 3.8) is 0 Å². The molecule has 3 aromatic heterocycles. The molecule has 0 amide bonds. The summed E-state index contributed by atoms with van der Waals surface area (Å²) in [5, 5.41) is 4.78. The van der Waals surface area contributed by atoms with E-state index in [1.54, 1.807) is 0 Å². The maximum absolute atomic E-state index is 5.35. The van der Waals surface area contributed by atoms with Crippen LogP contribution < -0.4 is 0 Å². The Kier molecular flexibility index (Phi) is 5.99. The Morgan fingerprint density at radius 2 is 0.500 bits per heavy atom. The van der Waals surface area contributed by atoms with Gasteiger partial charge in [0.1, 0.15) is 0 Å². The lowest BCUT2D eigenvalue weighted by Gasteiger charge is -2.05. The molecule has 48 heavy (non-hydrogen) atoms. The number of hydrogen-bond donors (Lipinski definition) is 2. The van der Waals surface area contributed by atoms with Crippen molar-refractivity contribution < 1.29 is 0 Å². The average molecular weight is 623 g/mol. The van der Waals surface area contributed by atoms with Gasteiger partial charge in [-0.1, -0.05) is 0 Å². The number of fused-ring (bicyclic) bond motifs is 20. The quantitative estimate of drug-likeness (QED) is 0.177. The summed E-state index contributed by atoms with van der Waals surface area (Å²) in [6, 6.07) is 27.4. The summed E-state index contributed by atoms with van der Waals surface area (Å²) in [7, 11) is 0. The number of nitrogens with zero attached hydrogens (tertiary/aromatic N) is 2. The summed E-state index contributed by atoms with van der Waals surface area (Å²) in [4.78, 5) is 18.4. The van der Waals surface area contributed by atoms with Crippen molar-refractivity contribution in [3.05, 3.63) is 117 Å². The molecule has 234 valence electrons. The zero-order chi connectivity index (χ0) is 33.2. The molecule has 4 nitrogen and oxygen atoms in total. The molecule has 2 N–H and O–H groups in total. The van der Waals surface area contributed by atoms with Gasteiger partial charge in [0.05, 0.1) is 22.8 Å². The fourth-order valence-electron chi connectivity index (χ4n) is 7.51. The van der Waals surface area contributed by atoms with Gasteiger partial charge in [-0.15, -0.1) is 0 Å². The van der Waals surface area contributed by atoms with Crippen LogP contribution in [-0.2, 0) is 0 Å². The lowest BCUT2D eigenvalue weighted by molar-refractivity contribution is 1.35. The highest BCUT2D eigenvalue weighted by molar-refractivity contribution is 6.11. The van der Waals surface area contributed by atoms with E-state index in [0.29, 0.717) is 0 Å². The van der Waals surface area contributed by atoms with E-state index in [9.17, 15) is 0 Å². The number of aromatic amines is 2. The Morgan fingerprint density at radius 1 is 0.292 bits per heavy atom. The fourth-order valence-corrected chi connectivity index (χ4v) is 7.51. The van der Waals surface area contributed by atoms with E-state index in [0.717, 1.165) is 44.8 Å². The first-order valence-corrected chi connectivity index (χ1v) is 16.8. The second kappa shape index (κ2) is 10.0. The molecule has 5 heterocycles. The van der Waals surface area contributed by atoms with Crippen LogP contribution in [0.5, 0.6) is 0 Å². The summed E-state index contributed by atoms with van der Waals surface area (Å²) in [6.07, 6.45) is 0. The zero-order valence-corrected chi connectivity index (χ0v) is 28.8. The van der Waals surface area contributed by atoms with Crippen molar-refractivity contribution in [2.75, 3.05) is 0 Å².